The molecule has 0 bridgehead atoms. The van der Waals surface area contributed by atoms with Gasteiger partial charge in [-0.25, -0.2) is 0 Å². The Bertz CT molecular complexity index is 856. The van der Waals surface area contributed by atoms with E-state index >= 15 is 0 Å². The topological polar surface area (TPSA) is 62.5 Å². The lowest BCUT2D eigenvalue weighted by molar-refractivity contribution is 0.0618. The van der Waals surface area contributed by atoms with E-state index < -0.39 is 0 Å². The predicted molar refractivity (Wildman–Crippen MR) is 97.4 cm³/mol. The summed E-state index contributed by atoms with van der Waals surface area (Å²) in [4.78, 5) is 21.0. The number of aromatic nitrogens is 2. The molecule has 3 aromatic rings. The van der Waals surface area contributed by atoms with E-state index in [0.717, 1.165) is 25.2 Å². The van der Waals surface area contributed by atoms with Crippen LogP contribution in [0, 0.1) is 0 Å². The number of carbonyl (C=O) groups is 1. The smallest absolute Gasteiger partial charge is 0.276 e. The fraction of sp³-hybridized carbons (Fsp3) is 0.250. The van der Waals surface area contributed by atoms with Gasteiger partial charge in [-0.3, -0.25) is 14.7 Å². The summed E-state index contributed by atoms with van der Waals surface area (Å²) in [6.45, 7) is 3.91. The molecule has 132 valence electrons. The summed E-state index contributed by atoms with van der Waals surface area (Å²) in [6.07, 6.45) is 3.67. The Labute approximate surface area is 152 Å². The largest absolute Gasteiger partial charge is 0.355 e. The molecule has 0 N–H and O–H groups in total. The van der Waals surface area contributed by atoms with Gasteiger partial charge in [0.15, 0.2) is 11.5 Å². The quantitative estimate of drug-likeness (QED) is 0.725. The van der Waals surface area contributed by atoms with Crippen molar-refractivity contribution in [1.29, 1.82) is 0 Å². The first kappa shape index (κ1) is 16.5. The van der Waals surface area contributed by atoms with Crippen LogP contribution >= 0.6 is 0 Å². The van der Waals surface area contributed by atoms with E-state index in [9.17, 15) is 4.79 Å². The number of amides is 1. The lowest BCUT2D eigenvalue weighted by Gasteiger charge is -2.34. The molecule has 1 aliphatic heterocycles. The van der Waals surface area contributed by atoms with Gasteiger partial charge >= 0.3 is 0 Å². The van der Waals surface area contributed by atoms with Crippen molar-refractivity contribution in [3.8, 4) is 11.3 Å². The highest BCUT2D eigenvalue weighted by molar-refractivity contribution is 5.93. The summed E-state index contributed by atoms with van der Waals surface area (Å²) < 4.78 is 5.35. The number of piperazine rings is 1. The number of benzene rings is 1. The average Bonchev–Trinajstić information content (AvgIpc) is 3.20. The third-order valence-electron chi connectivity index (χ3n) is 4.58. The first-order chi connectivity index (χ1) is 12.8. The predicted octanol–water partition coefficient (Wildman–Crippen LogP) is 2.69. The third kappa shape index (κ3) is 3.65. The van der Waals surface area contributed by atoms with Crippen molar-refractivity contribution in [2.24, 2.45) is 0 Å². The molecule has 0 atom stereocenters. The number of carbonyl (C=O) groups excluding carboxylic acids is 1. The molecule has 26 heavy (non-hydrogen) atoms. The highest BCUT2D eigenvalue weighted by Crippen LogP contribution is 2.21. The Morgan fingerprint density at radius 1 is 1.04 bits per heavy atom. The molecule has 1 fully saturated rings. The van der Waals surface area contributed by atoms with Gasteiger partial charge in [0.25, 0.3) is 5.91 Å². The minimum Gasteiger partial charge on any atom is -0.355 e. The van der Waals surface area contributed by atoms with Crippen LogP contribution in [0.2, 0.25) is 0 Å². The lowest BCUT2D eigenvalue weighted by Crippen LogP contribution is -2.48. The molecule has 1 aromatic carbocycles. The zero-order chi connectivity index (χ0) is 17.8. The van der Waals surface area contributed by atoms with E-state index in [1.807, 2.05) is 47.5 Å². The first-order valence-corrected chi connectivity index (χ1v) is 8.72. The van der Waals surface area contributed by atoms with Gasteiger partial charge < -0.3 is 9.42 Å². The molecule has 6 nitrogen and oxygen atoms in total. The van der Waals surface area contributed by atoms with Crippen LogP contribution in [0.25, 0.3) is 11.3 Å². The van der Waals surface area contributed by atoms with Gasteiger partial charge in [0.2, 0.25) is 0 Å². The summed E-state index contributed by atoms with van der Waals surface area (Å²) in [6, 6.07) is 15.4. The van der Waals surface area contributed by atoms with Gasteiger partial charge in [0, 0.05) is 56.7 Å². The highest BCUT2D eigenvalue weighted by Gasteiger charge is 2.24. The van der Waals surface area contributed by atoms with Crippen LogP contribution < -0.4 is 0 Å². The summed E-state index contributed by atoms with van der Waals surface area (Å²) >= 11 is 0. The standard InChI is InChI=1S/C20H20N4O2/c25-20(18-13-19(26-22-18)17-6-2-1-3-7-17)24-11-9-23(10-12-24)15-16-5-4-8-21-14-16/h1-8,13-14H,9-12,15H2. The normalized spacial score (nSPS) is 15.2. The van der Waals surface area contributed by atoms with E-state index in [4.69, 9.17) is 4.52 Å². The molecule has 2 aromatic heterocycles. The molecular formula is C20H20N4O2. The number of hydrogen-bond acceptors (Lipinski definition) is 5. The van der Waals surface area contributed by atoms with E-state index in [1.165, 1.54) is 5.56 Å². The first-order valence-electron chi connectivity index (χ1n) is 8.72. The van der Waals surface area contributed by atoms with E-state index in [0.29, 0.717) is 24.5 Å². The number of hydrogen-bond donors (Lipinski definition) is 0. The van der Waals surface area contributed by atoms with Gasteiger partial charge in [0.05, 0.1) is 0 Å². The zero-order valence-electron chi connectivity index (χ0n) is 14.4. The van der Waals surface area contributed by atoms with Crippen LogP contribution in [-0.2, 0) is 6.54 Å². The zero-order valence-corrected chi connectivity index (χ0v) is 14.4. The van der Waals surface area contributed by atoms with Crippen LogP contribution in [0.15, 0.2) is 65.4 Å². The number of pyridine rings is 1. The molecule has 6 heteroatoms. The molecule has 0 unspecified atom stereocenters. The van der Waals surface area contributed by atoms with Gasteiger partial charge in [-0.1, -0.05) is 41.6 Å². The monoisotopic (exact) mass is 348 g/mol. The summed E-state index contributed by atoms with van der Waals surface area (Å²) in [5, 5.41) is 3.97. The molecule has 4 rings (SSSR count). The SMILES string of the molecule is O=C(c1cc(-c2ccccc2)on1)N1CCN(Cc2cccnc2)CC1. The maximum Gasteiger partial charge on any atom is 0.276 e. The van der Waals surface area contributed by atoms with Gasteiger partial charge in [0.1, 0.15) is 0 Å². The maximum absolute atomic E-state index is 12.7. The molecule has 1 amide bonds. The average molecular weight is 348 g/mol. The Kier molecular flexibility index (Phi) is 4.75. The minimum atomic E-state index is -0.0723. The molecule has 0 radical (unpaired) electrons. The second-order valence-corrected chi connectivity index (χ2v) is 6.37. The Morgan fingerprint density at radius 2 is 1.85 bits per heavy atom. The second kappa shape index (κ2) is 7.49. The Hall–Kier alpha value is -2.99. The fourth-order valence-corrected chi connectivity index (χ4v) is 3.14. The van der Waals surface area contributed by atoms with E-state index in [2.05, 4.69) is 21.1 Å². The molecule has 1 aliphatic rings. The summed E-state index contributed by atoms with van der Waals surface area (Å²) in [5.41, 5.74) is 2.47. The van der Waals surface area contributed by atoms with Crippen LogP contribution in [0.4, 0.5) is 0 Å². The molecular weight excluding hydrogens is 328 g/mol. The molecule has 0 saturated carbocycles. The van der Waals surface area contributed by atoms with Gasteiger partial charge in [-0.2, -0.15) is 0 Å². The lowest BCUT2D eigenvalue weighted by atomic mass is 10.1. The van der Waals surface area contributed by atoms with Crippen LogP contribution in [0.1, 0.15) is 16.1 Å². The fourth-order valence-electron chi connectivity index (χ4n) is 3.14. The number of rotatable bonds is 4. The molecule has 1 saturated heterocycles. The molecule has 3 heterocycles. The van der Waals surface area contributed by atoms with Crippen molar-refractivity contribution in [1.82, 2.24) is 19.9 Å². The molecule has 0 aliphatic carbocycles. The summed E-state index contributed by atoms with van der Waals surface area (Å²) in [7, 11) is 0. The summed E-state index contributed by atoms with van der Waals surface area (Å²) in [5.74, 6) is 0.543. The number of nitrogens with zero attached hydrogens (tertiary/aromatic N) is 4. The van der Waals surface area contributed by atoms with Crippen LogP contribution in [0.5, 0.6) is 0 Å². The minimum absolute atomic E-state index is 0.0723. The Morgan fingerprint density at radius 3 is 2.58 bits per heavy atom. The van der Waals surface area contributed by atoms with Crippen molar-refractivity contribution < 1.29 is 9.32 Å². The third-order valence-corrected chi connectivity index (χ3v) is 4.58. The highest BCUT2D eigenvalue weighted by atomic mass is 16.5. The second-order valence-electron chi connectivity index (χ2n) is 6.37. The van der Waals surface area contributed by atoms with Crippen LogP contribution in [0.3, 0.4) is 0 Å². The molecule has 0 spiro atoms. The van der Waals surface area contributed by atoms with Gasteiger partial charge in [-0.05, 0) is 11.6 Å². The van der Waals surface area contributed by atoms with Crippen molar-refractivity contribution in [2.75, 3.05) is 26.2 Å². The van der Waals surface area contributed by atoms with Crippen LogP contribution in [-0.4, -0.2) is 52.0 Å². The van der Waals surface area contributed by atoms with Crippen molar-refractivity contribution in [3.63, 3.8) is 0 Å². The van der Waals surface area contributed by atoms with Crippen molar-refractivity contribution >= 4 is 5.91 Å². The van der Waals surface area contributed by atoms with Crippen molar-refractivity contribution in [3.05, 3.63) is 72.2 Å². The van der Waals surface area contributed by atoms with E-state index in [1.54, 1.807) is 12.3 Å². The van der Waals surface area contributed by atoms with E-state index in [-0.39, 0.29) is 5.91 Å². The van der Waals surface area contributed by atoms with Crippen molar-refractivity contribution in [2.45, 2.75) is 6.54 Å². The van der Waals surface area contributed by atoms with Gasteiger partial charge in [-0.15, -0.1) is 0 Å². The maximum atomic E-state index is 12.7. The Balaban J connectivity index is 1.36.